The third kappa shape index (κ3) is 46.0. The first kappa shape index (κ1) is 74.5. The number of rotatable bonds is 52. The van der Waals surface area contributed by atoms with Gasteiger partial charge in [0.2, 0.25) is 35.4 Å². The molecular weight excluding hydrogens is 1060 g/mol. The van der Waals surface area contributed by atoms with Crippen molar-refractivity contribution in [2.75, 3.05) is 92.1 Å². The number of hydrogen-bond donors (Lipinski definition) is 9. The van der Waals surface area contributed by atoms with Gasteiger partial charge in [-0.2, -0.15) is 0 Å². The lowest BCUT2D eigenvalue weighted by molar-refractivity contribution is -0.142. The molecule has 24 heteroatoms. The summed E-state index contributed by atoms with van der Waals surface area (Å²) in [6, 6.07) is -1.76. The largest absolute Gasteiger partial charge is 0.481 e. The predicted molar refractivity (Wildman–Crippen MR) is 309 cm³/mol. The first-order valence-corrected chi connectivity index (χ1v) is 30.2. The van der Waals surface area contributed by atoms with Gasteiger partial charge in [0.05, 0.1) is 58.6 Å². The molecule has 2 rings (SSSR count). The Bertz CT molecular complexity index is 1890. The summed E-state index contributed by atoms with van der Waals surface area (Å²) in [5, 5.41) is 30.7. The van der Waals surface area contributed by atoms with Crippen molar-refractivity contribution in [3.63, 3.8) is 0 Å². The summed E-state index contributed by atoms with van der Waals surface area (Å²) in [6.45, 7) is 7.24. The molecule has 470 valence electrons. The first-order chi connectivity index (χ1) is 39.6. The van der Waals surface area contributed by atoms with Crippen LogP contribution in [-0.4, -0.2) is 182 Å². The average Bonchev–Trinajstić information content (AvgIpc) is 3.98. The number of nitrogens with one attached hydrogen (secondary N) is 6. The second-order valence-corrected chi connectivity index (χ2v) is 21.1. The topological polar surface area (TPSA) is 349 Å². The average molecular weight is 1170 g/mol. The van der Waals surface area contributed by atoms with E-state index in [0.29, 0.717) is 51.0 Å². The molecule has 24 nitrogen and oxygen atoms in total. The van der Waals surface area contributed by atoms with Gasteiger partial charge in [0, 0.05) is 77.2 Å². The Labute approximate surface area is 486 Å². The maximum Gasteiger partial charge on any atom is 0.326 e. The quantitative estimate of drug-likeness (QED) is 0.0401. The van der Waals surface area contributed by atoms with Crippen LogP contribution in [0.1, 0.15) is 186 Å². The molecule has 82 heavy (non-hydrogen) atoms. The number of H-pyrrole nitrogens is 1. The van der Waals surface area contributed by atoms with Crippen LogP contribution in [0, 0.1) is 5.92 Å². The molecule has 0 aromatic carbocycles. The fourth-order valence-corrected chi connectivity index (χ4v) is 8.77. The molecule has 10 N–H and O–H groups in total. The van der Waals surface area contributed by atoms with E-state index in [1.54, 1.807) is 12.5 Å². The van der Waals surface area contributed by atoms with Crippen molar-refractivity contribution in [1.29, 1.82) is 0 Å². The number of amides is 6. The first-order valence-electron chi connectivity index (χ1n) is 30.2. The van der Waals surface area contributed by atoms with E-state index in [0.717, 1.165) is 50.4 Å². The molecule has 0 spiro atoms. The van der Waals surface area contributed by atoms with E-state index >= 15 is 0 Å². The number of ether oxygens (including phenoxy) is 4. The number of unbranched alkanes of at least 4 members (excludes halogenated alkanes) is 16. The highest BCUT2D eigenvalue weighted by Crippen LogP contribution is 2.18. The van der Waals surface area contributed by atoms with Gasteiger partial charge in [-0.15, -0.1) is 0 Å². The molecule has 0 bridgehead atoms. The Hall–Kier alpha value is -5.56. The van der Waals surface area contributed by atoms with Crippen LogP contribution >= 0.6 is 0 Å². The molecule has 1 unspecified atom stereocenters. The third-order valence-electron chi connectivity index (χ3n) is 13.7. The second-order valence-electron chi connectivity index (χ2n) is 21.1. The maximum absolute atomic E-state index is 12.2. The molecule has 1 aliphatic heterocycles. The fourth-order valence-electron chi connectivity index (χ4n) is 8.77. The van der Waals surface area contributed by atoms with Gasteiger partial charge in [-0.1, -0.05) is 96.8 Å². The van der Waals surface area contributed by atoms with Crippen molar-refractivity contribution in [1.82, 2.24) is 41.5 Å². The van der Waals surface area contributed by atoms with Gasteiger partial charge in [0.15, 0.2) is 0 Å². The number of aromatic nitrogens is 2. The highest BCUT2D eigenvalue weighted by molar-refractivity contribution is 5.84. The number of likely N-dealkylation sites (tertiary alicyclic amines) is 1. The van der Waals surface area contributed by atoms with E-state index < -0.39 is 35.8 Å². The number of imidazole rings is 1. The second kappa shape index (κ2) is 51.1. The number of carboxylic acids is 2. The van der Waals surface area contributed by atoms with Crippen molar-refractivity contribution >= 4 is 53.2 Å². The smallest absolute Gasteiger partial charge is 0.326 e. The number of carbonyl (C=O) groups is 9. The van der Waals surface area contributed by atoms with Crippen LogP contribution in [0.4, 0.5) is 0 Å². The number of aryl methyl sites for hydroxylation is 1. The molecule has 1 fully saturated rings. The SMILES string of the molecule is CC(=O)NC(CCC(=O)NCCOCCOCC(=O)NCCOCCOCC(=O)NCCCC[C@H](NCC(=O)CCc1cnc[nH]1)C(N)=O)C(=O)O.CC1CCN(C(=O)CCCCCCCCCCCCCCCCCCC(=O)O)CC1. The number of nitrogens with zero attached hydrogens (tertiary/aromatic N) is 2. The van der Waals surface area contributed by atoms with Crippen molar-refractivity contribution < 1.29 is 72.3 Å². The summed E-state index contributed by atoms with van der Waals surface area (Å²) in [5.41, 5.74) is 6.31. The van der Waals surface area contributed by atoms with Crippen LogP contribution in [0.5, 0.6) is 0 Å². The van der Waals surface area contributed by atoms with Crippen molar-refractivity contribution in [2.45, 2.75) is 199 Å². The fraction of sp³-hybridized carbons (Fsp3) is 0.793. The molecule has 2 atom stereocenters. The van der Waals surface area contributed by atoms with Gasteiger partial charge in [0.25, 0.3) is 0 Å². The number of aliphatic carboxylic acids is 2. The molecule has 1 aromatic rings. The van der Waals surface area contributed by atoms with Crippen molar-refractivity contribution in [3.8, 4) is 0 Å². The Balaban J connectivity index is 0.000000947. The molecule has 1 saturated heterocycles. The zero-order valence-electron chi connectivity index (χ0n) is 49.6. The number of carbonyl (C=O) groups excluding carboxylic acids is 7. The van der Waals surface area contributed by atoms with Crippen molar-refractivity contribution in [2.24, 2.45) is 11.7 Å². The summed E-state index contributed by atoms with van der Waals surface area (Å²) in [5.74, 6) is -2.76. The minimum atomic E-state index is -1.21. The maximum atomic E-state index is 12.2. The number of nitrogens with two attached hydrogens (primary N) is 1. The number of carboxylic acid groups (broad SMARTS) is 2. The van der Waals surface area contributed by atoms with Crippen LogP contribution in [0.2, 0.25) is 0 Å². The normalized spacial score (nSPS) is 13.1. The predicted octanol–water partition coefficient (Wildman–Crippen LogP) is 4.66. The van der Waals surface area contributed by atoms with Crippen LogP contribution in [0.25, 0.3) is 0 Å². The number of ketones is 1. The van der Waals surface area contributed by atoms with Crippen LogP contribution in [0.3, 0.4) is 0 Å². The third-order valence-corrected chi connectivity index (χ3v) is 13.7. The van der Waals surface area contributed by atoms with E-state index in [1.165, 1.54) is 103 Å². The summed E-state index contributed by atoms with van der Waals surface area (Å²) >= 11 is 0. The minimum Gasteiger partial charge on any atom is -0.481 e. The Morgan fingerprint density at radius 3 is 1.60 bits per heavy atom. The number of piperidine rings is 1. The number of aromatic amines is 1. The zero-order valence-corrected chi connectivity index (χ0v) is 49.6. The number of primary amides is 1. The van der Waals surface area contributed by atoms with Gasteiger partial charge in [0.1, 0.15) is 25.0 Å². The lowest BCUT2D eigenvalue weighted by Gasteiger charge is -2.30. The van der Waals surface area contributed by atoms with Crippen LogP contribution in [0.15, 0.2) is 12.5 Å². The van der Waals surface area contributed by atoms with E-state index in [-0.39, 0.29) is 109 Å². The van der Waals surface area contributed by atoms with E-state index in [2.05, 4.69) is 48.4 Å². The zero-order chi connectivity index (χ0) is 60.3. The number of hydrogen-bond acceptors (Lipinski definition) is 15. The van der Waals surface area contributed by atoms with Gasteiger partial charge < -0.3 is 66.0 Å². The van der Waals surface area contributed by atoms with Crippen LogP contribution in [-0.2, 0) is 68.5 Å². The number of Topliss-reactive ketones (excluding diaryl/α,β-unsaturated/α-hetero) is 1. The van der Waals surface area contributed by atoms with Crippen LogP contribution < -0.4 is 32.3 Å². The highest BCUT2D eigenvalue weighted by Gasteiger charge is 2.21. The minimum absolute atomic E-state index is 0.0355. The monoisotopic (exact) mass is 1170 g/mol. The molecule has 0 radical (unpaired) electrons. The summed E-state index contributed by atoms with van der Waals surface area (Å²) < 4.78 is 21.2. The Morgan fingerprint density at radius 2 is 1.11 bits per heavy atom. The van der Waals surface area contributed by atoms with Gasteiger partial charge in [-0.3, -0.25) is 43.7 Å². The summed E-state index contributed by atoms with van der Waals surface area (Å²) in [7, 11) is 0. The standard InChI is InChI=1S/C32H54N8O12.C26H49NO3/c1-23(41)40-27(32(47)48)7-8-28(43)36-10-12-49-14-17-52-21-30(45)37-11-13-50-15-16-51-20-29(44)35-9-3-2-4-26(31(33)46)38-19-25(42)6-5-24-18-34-22-39-24;1-24-20-22-27(23-21-24)25(28)18-16-14-12-10-8-6-4-2-3-5-7-9-11-13-15-17-19-26(29)30/h18,22,26-27,38H,2-17,19-21H2,1H3,(H2,33,46)(H,34,39)(H,35,44)(H,36,43)(H,37,45)(H,40,41)(H,47,48);24H,2-23H2,1H3,(H,29,30)/t26-,27?;/m0./s1. The van der Waals surface area contributed by atoms with Gasteiger partial charge in [-0.25, -0.2) is 9.78 Å². The summed E-state index contributed by atoms with van der Waals surface area (Å²) in [4.78, 5) is 113. The van der Waals surface area contributed by atoms with Gasteiger partial charge in [-0.05, 0) is 63.7 Å². The van der Waals surface area contributed by atoms with E-state index in [9.17, 15) is 43.2 Å². The Morgan fingerprint density at radius 1 is 0.610 bits per heavy atom. The molecule has 1 aromatic heterocycles. The van der Waals surface area contributed by atoms with E-state index in [4.69, 9.17) is 34.9 Å². The lowest BCUT2D eigenvalue weighted by atomic mass is 9.99. The van der Waals surface area contributed by atoms with Crippen molar-refractivity contribution in [3.05, 3.63) is 18.2 Å². The molecule has 1 aliphatic rings. The molecule has 2 heterocycles. The highest BCUT2D eigenvalue weighted by atomic mass is 16.5. The van der Waals surface area contributed by atoms with Gasteiger partial charge >= 0.3 is 11.9 Å². The molecule has 0 saturated carbocycles. The molecule has 6 amide bonds. The molecular formula is C58H103N9O15. The lowest BCUT2D eigenvalue weighted by Crippen LogP contribution is -2.43. The molecule has 0 aliphatic carbocycles. The Kier molecular flexibility index (Phi) is 46.4. The van der Waals surface area contributed by atoms with E-state index in [1.807, 2.05) is 0 Å². The summed E-state index contributed by atoms with van der Waals surface area (Å²) in [6.07, 6.45) is 29.2.